The smallest absolute Gasteiger partial charge is 0.311 e. The van der Waals surface area contributed by atoms with Gasteiger partial charge in [-0.3, -0.25) is 9.59 Å². The van der Waals surface area contributed by atoms with Crippen LogP contribution >= 0.6 is 0 Å². The number of carbonyl (C=O) groups excluding carboxylic acids is 2. The molecule has 3 aromatic rings. The van der Waals surface area contributed by atoms with Gasteiger partial charge in [-0.15, -0.1) is 0 Å². The van der Waals surface area contributed by atoms with E-state index >= 15 is 0 Å². The van der Waals surface area contributed by atoms with Gasteiger partial charge in [0, 0.05) is 17.5 Å². The van der Waals surface area contributed by atoms with Crippen LogP contribution in [-0.2, 0) is 11.2 Å². The fourth-order valence-electron chi connectivity index (χ4n) is 2.28. The fraction of sp³-hybridized carbons (Fsp3) is 0.105. The Kier molecular flexibility index (Phi) is 5.07. The number of rotatable bonds is 6. The third-order valence-corrected chi connectivity index (χ3v) is 3.58. The standard InChI is InChI=1S/C19H15FN2O4/c20-14-6-4-12(5-7-14)16-11-22-17(26-16)8-9-18(23)25-15-3-1-2-13(10-15)19(21)24/h1-7,10-11H,8-9H2,(H2,21,24). The van der Waals surface area contributed by atoms with Gasteiger partial charge in [-0.05, 0) is 42.5 Å². The lowest BCUT2D eigenvalue weighted by Crippen LogP contribution is -2.12. The van der Waals surface area contributed by atoms with E-state index in [2.05, 4.69) is 4.98 Å². The van der Waals surface area contributed by atoms with E-state index in [0.29, 0.717) is 17.2 Å². The number of hydrogen-bond acceptors (Lipinski definition) is 5. The predicted molar refractivity (Wildman–Crippen MR) is 90.8 cm³/mol. The summed E-state index contributed by atoms with van der Waals surface area (Å²) in [4.78, 5) is 27.2. The molecule has 1 aromatic heterocycles. The first-order valence-electron chi connectivity index (χ1n) is 7.82. The molecule has 2 N–H and O–H groups in total. The van der Waals surface area contributed by atoms with Gasteiger partial charge in [0.05, 0.1) is 12.6 Å². The SMILES string of the molecule is NC(=O)c1cccc(OC(=O)CCc2ncc(-c3ccc(F)cc3)o2)c1. The van der Waals surface area contributed by atoms with E-state index < -0.39 is 11.9 Å². The summed E-state index contributed by atoms with van der Waals surface area (Å²) in [5.41, 5.74) is 6.13. The quantitative estimate of drug-likeness (QED) is 0.542. The summed E-state index contributed by atoms with van der Waals surface area (Å²) in [5.74, 6) is -0.332. The lowest BCUT2D eigenvalue weighted by Gasteiger charge is -2.04. The van der Waals surface area contributed by atoms with E-state index in [-0.39, 0.29) is 30.0 Å². The number of carbonyl (C=O) groups is 2. The van der Waals surface area contributed by atoms with E-state index in [1.165, 1.54) is 30.5 Å². The van der Waals surface area contributed by atoms with Crippen molar-refractivity contribution in [3.63, 3.8) is 0 Å². The molecule has 0 radical (unpaired) electrons. The van der Waals surface area contributed by atoms with Gasteiger partial charge in [0.2, 0.25) is 5.91 Å². The molecule has 2 aromatic carbocycles. The Morgan fingerprint density at radius 1 is 1.15 bits per heavy atom. The van der Waals surface area contributed by atoms with Crippen LogP contribution in [0.25, 0.3) is 11.3 Å². The highest BCUT2D eigenvalue weighted by Crippen LogP contribution is 2.21. The largest absolute Gasteiger partial charge is 0.441 e. The first-order chi connectivity index (χ1) is 12.5. The van der Waals surface area contributed by atoms with E-state index in [1.54, 1.807) is 24.3 Å². The van der Waals surface area contributed by atoms with Crippen LogP contribution in [0.4, 0.5) is 4.39 Å². The van der Waals surface area contributed by atoms with Crippen LogP contribution < -0.4 is 10.5 Å². The normalized spacial score (nSPS) is 10.5. The molecule has 0 spiro atoms. The van der Waals surface area contributed by atoms with Gasteiger partial charge in [-0.25, -0.2) is 9.37 Å². The Labute approximate surface area is 148 Å². The third kappa shape index (κ3) is 4.32. The lowest BCUT2D eigenvalue weighted by atomic mass is 10.2. The molecule has 6 nitrogen and oxygen atoms in total. The van der Waals surface area contributed by atoms with Gasteiger partial charge in [0.15, 0.2) is 11.7 Å². The highest BCUT2D eigenvalue weighted by atomic mass is 19.1. The van der Waals surface area contributed by atoms with Crippen molar-refractivity contribution in [2.45, 2.75) is 12.8 Å². The van der Waals surface area contributed by atoms with Crippen molar-refractivity contribution in [3.05, 3.63) is 72.0 Å². The number of aromatic nitrogens is 1. The fourth-order valence-corrected chi connectivity index (χ4v) is 2.28. The Morgan fingerprint density at radius 3 is 2.65 bits per heavy atom. The number of nitrogens with zero attached hydrogens (tertiary/aromatic N) is 1. The summed E-state index contributed by atoms with van der Waals surface area (Å²) in [6.07, 6.45) is 1.81. The van der Waals surface area contributed by atoms with Crippen LogP contribution in [0.15, 0.2) is 59.1 Å². The Bertz CT molecular complexity index is 935. The monoisotopic (exact) mass is 354 g/mol. The summed E-state index contributed by atoms with van der Waals surface area (Å²) in [7, 11) is 0. The van der Waals surface area contributed by atoms with E-state index in [9.17, 15) is 14.0 Å². The van der Waals surface area contributed by atoms with Crippen LogP contribution in [0.5, 0.6) is 5.75 Å². The van der Waals surface area contributed by atoms with Gasteiger partial charge in [0.25, 0.3) is 0 Å². The molecule has 1 amide bonds. The Balaban J connectivity index is 1.57. The number of ether oxygens (including phenoxy) is 1. The van der Waals surface area contributed by atoms with E-state index in [0.717, 1.165) is 0 Å². The van der Waals surface area contributed by atoms with Gasteiger partial charge in [-0.1, -0.05) is 6.07 Å². The van der Waals surface area contributed by atoms with Gasteiger partial charge < -0.3 is 14.9 Å². The molecule has 0 aliphatic rings. The molecule has 3 rings (SSSR count). The number of aryl methyl sites for hydroxylation is 1. The molecule has 0 bridgehead atoms. The van der Waals surface area contributed by atoms with Gasteiger partial charge in [0.1, 0.15) is 11.6 Å². The molecule has 26 heavy (non-hydrogen) atoms. The highest BCUT2D eigenvalue weighted by Gasteiger charge is 2.11. The number of nitrogens with two attached hydrogens (primary N) is 1. The Morgan fingerprint density at radius 2 is 1.92 bits per heavy atom. The molecule has 0 atom stereocenters. The van der Waals surface area contributed by atoms with Crippen LogP contribution in [0.3, 0.4) is 0 Å². The average molecular weight is 354 g/mol. The minimum Gasteiger partial charge on any atom is -0.441 e. The van der Waals surface area contributed by atoms with Crippen molar-refractivity contribution < 1.29 is 23.1 Å². The second kappa shape index (κ2) is 7.60. The first kappa shape index (κ1) is 17.3. The second-order valence-corrected chi connectivity index (χ2v) is 5.49. The summed E-state index contributed by atoms with van der Waals surface area (Å²) >= 11 is 0. The zero-order valence-electron chi connectivity index (χ0n) is 13.6. The maximum absolute atomic E-state index is 12.9. The molecular weight excluding hydrogens is 339 g/mol. The molecule has 7 heteroatoms. The van der Waals surface area contributed by atoms with Gasteiger partial charge in [-0.2, -0.15) is 0 Å². The number of primary amides is 1. The molecule has 0 unspecified atom stereocenters. The Hall–Kier alpha value is -3.48. The molecule has 0 fully saturated rings. The number of amides is 1. The molecule has 0 saturated heterocycles. The van der Waals surface area contributed by atoms with E-state index in [1.807, 2.05) is 0 Å². The lowest BCUT2D eigenvalue weighted by molar-refractivity contribution is -0.134. The molecule has 0 aliphatic heterocycles. The summed E-state index contributed by atoms with van der Waals surface area (Å²) < 4.78 is 23.7. The molecule has 132 valence electrons. The van der Waals surface area contributed by atoms with Gasteiger partial charge >= 0.3 is 5.97 Å². The molecule has 1 heterocycles. The number of hydrogen-bond donors (Lipinski definition) is 1. The van der Waals surface area contributed by atoms with Crippen LogP contribution in [0.1, 0.15) is 22.7 Å². The zero-order valence-corrected chi connectivity index (χ0v) is 13.6. The van der Waals surface area contributed by atoms with Crippen LogP contribution in [-0.4, -0.2) is 16.9 Å². The summed E-state index contributed by atoms with van der Waals surface area (Å²) in [6, 6.07) is 11.9. The maximum atomic E-state index is 12.9. The number of halogens is 1. The topological polar surface area (TPSA) is 95.4 Å². The van der Waals surface area contributed by atoms with Crippen LogP contribution in [0, 0.1) is 5.82 Å². The maximum Gasteiger partial charge on any atom is 0.311 e. The van der Waals surface area contributed by atoms with Crippen molar-refractivity contribution in [1.82, 2.24) is 4.98 Å². The van der Waals surface area contributed by atoms with Crippen molar-refractivity contribution in [2.75, 3.05) is 0 Å². The summed E-state index contributed by atoms with van der Waals surface area (Å²) in [5, 5.41) is 0. The average Bonchev–Trinajstić information content (AvgIpc) is 3.10. The van der Waals surface area contributed by atoms with Crippen molar-refractivity contribution in [2.24, 2.45) is 5.73 Å². The van der Waals surface area contributed by atoms with Crippen molar-refractivity contribution >= 4 is 11.9 Å². The summed E-state index contributed by atoms with van der Waals surface area (Å²) in [6.45, 7) is 0. The third-order valence-electron chi connectivity index (χ3n) is 3.58. The zero-order chi connectivity index (χ0) is 18.5. The first-order valence-corrected chi connectivity index (χ1v) is 7.82. The highest BCUT2D eigenvalue weighted by molar-refractivity contribution is 5.93. The number of benzene rings is 2. The molecule has 0 aliphatic carbocycles. The number of esters is 1. The van der Waals surface area contributed by atoms with Crippen molar-refractivity contribution in [1.29, 1.82) is 0 Å². The minimum atomic E-state index is -0.601. The van der Waals surface area contributed by atoms with E-state index in [4.69, 9.17) is 14.9 Å². The van der Waals surface area contributed by atoms with Crippen LogP contribution in [0.2, 0.25) is 0 Å². The number of oxazole rings is 1. The minimum absolute atomic E-state index is 0.0458. The molecular formula is C19H15FN2O4. The van der Waals surface area contributed by atoms with Crippen molar-refractivity contribution in [3.8, 4) is 17.1 Å². The second-order valence-electron chi connectivity index (χ2n) is 5.49. The molecule has 0 saturated carbocycles. The predicted octanol–water partition coefficient (Wildman–Crippen LogP) is 3.12.